The van der Waals surface area contributed by atoms with Crippen LogP contribution < -0.4 is 10.6 Å². The SMILES string of the molecule is Cc1nc(-c2ccc(CCNC(=O)[C@H]3CCC(=O)N3)cc2)cs1. The first-order valence-corrected chi connectivity index (χ1v) is 8.58. The van der Waals surface area contributed by atoms with Gasteiger partial charge < -0.3 is 10.6 Å². The van der Waals surface area contributed by atoms with Crippen LogP contribution in [0.1, 0.15) is 23.4 Å². The molecule has 1 fully saturated rings. The Labute approximate surface area is 139 Å². The lowest BCUT2D eigenvalue weighted by Gasteiger charge is -2.11. The fourth-order valence-corrected chi connectivity index (χ4v) is 3.22. The second kappa shape index (κ2) is 6.91. The minimum Gasteiger partial charge on any atom is -0.354 e. The molecular formula is C17H19N3O2S. The normalized spacial score (nSPS) is 17.1. The van der Waals surface area contributed by atoms with Crippen LogP contribution in [0.4, 0.5) is 0 Å². The maximum absolute atomic E-state index is 11.9. The fourth-order valence-electron chi connectivity index (χ4n) is 2.60. The molecule has 1 aromatic heterocycles. The molecule has 2 aromatic rings. The molecular weight excluding hydrogens is 310 g/mol. The molecule has 0 saturated carbocycles. The van der Waals surface area contributed by atoms with Gasteiger partial charge >= 0.3 is 0 Å². The van der Waals surface area contributed by atoms with Crippen LogP contribution in [0.5, 0.6) is 0 Å². The highest BCUT2D eigenvalue weighted by Gasteiger charge is 2.26. The van der Waals surface area contributed by atoms with E-state index in [1.807, 2.05) is 6.92 Å². The topological polar surface area (TPSA) is 71.1 Å². The van der Waals surface area contributed by atoms with Crippen molar-refractivity contribution in [3.05, 3.63) is 40.2 Å². The summed E-state index contributed by atoms with van der Waals surface area (Å²) >= 11 is 1.64. The van der Waals surface area contributed by atoms with Crippen molar-refractivity contribution >= 4 is 23.2 Å². The van der Waals surface area contributed by atoms with Crippen LogP contribution in [-0.2, 0) is 16.0 Å². The summed E-state index contributed by atoms with van der Waals surface area (Å²) in [6.07, 6.45) is 1.80. The van der Waals surface area contributed by atoms with Crippen molar-refractivity contribution in [3.8, 4) is 11.3 Å². The molecule has 1 atom stereocenters. The standard InChI is InChI=1S/C17H19N3O2S/c1-11-19-15(10-23-11)13-4-2-12(3-5-13)8-9-18-17(22)14-6-7-16(21)20-14/h2-5,10,14H,6-9H2,1H3,(H,18,22)(H,20,21)/t14-/m1/s1. The Bertz CT molecular complexity index is 709. The lowest BCUT2D eigenvalue weighted by atomic mass is 10.1. The minimum atomic E-state index is -0.363. The van der Waals surface area contributed by atoms with Crippen molar-refractivity contribution in [1.29, 1.82) is 0 Å². The van der Waals surface area contributed by atoms with Gasteiger partial charge in [-0.2, -0.15) is 0 Å². The van der Waals surface area contributed by atoms with Crippen LogP contribution in [0.25, 0.3) is 11.3 Å². The zero-order chi connectivity index (χ0) is 16.2. The fraction of sp³-hybridized carbons (Fsp3) is 0.353. The van der Waals surface area contributed by atoms with Gasteiger partial charge in [-0.3, -0.25) is 9.59 Å². The van der Waals surface area contributed by atoms with Gasteiger partial charge in [-0.25, -0.2) is 4.98 Å². The van der Waals surface area contributed by atoms with Crippen LogP contribution in [0.2, 0.25) is 0 Å². The number of aryl methyl sites for hydroxylation is 1. The molecule has 1 saturated heterocycles. The summed E-state index contributed by atoms with van der Waals surface area (Å²) in [7, 11) is 0. The van der Waals surface area contributed by atoms with Crippen molar-refractivity contribution in [2.45, 2.75) is 32.2 Å². The van der Waals surface area contributed by atoms with Gasteiger partial charge in [0.05, 0.1) is 10.7 Å². The highest BCUT2D eigenvalue weighted by molar-refractivity contribution is 7.09. The summed E-state index contributed by atoms with van der Waals surface area (Å²) in [6.45, 7) is 2.57. The predicted octanol–water partition coefficient (Wildman–Crippen LogP) is 2.06. The van der Waals surface area contributed by atoms with Crippen LogP contribution in [-0.4, -0.2) is 29.4 Å². The molecule has 2 amide bonds. The summed E-state index contributed by atoms with van der Waals surface area (Å²) in [6, 6.07) is 7.88. The first kappa shape index (κ1) is 15.7. The average Bonchev–Trinajstić information content (AvgIpc) is 3.16. The summed E-state index contributed by atoms with van der Waals surface area (Å²) in [5.74, 6) is -0.136. The Hall–Kier alpha value is -2.21. The Kier molecular flexibility index (Phi) is 4.71. The maximum atomic E-state index is 11.9. The number of hydrogen-bond acceptors (Lipinski definition) is 4. The molecule has 23 heavy (non-hydrogen) atoms. The van der Waals surface area contributed by atoms with Crippen LogP contribution in [0, 0.1) is 6.92 Å². The third-order valence-corrected chi connectivity index (χ3v) is 4.67. The number of nitrogens with one attached hydrogen (secondary N) is 2. The van der Waals surface area contributed by atoms with E-state index in [-0.39, 0.29) is 17.9 Å². The van der Waals surface area contributed by atoms with Crippen molar-refractivity contribution < 1.29 is 9.59 Å². The molecule has 0 unspecified atom stereocenters. The number of benzene rings is 1. The first-order chi connectivity index (χ1) is 11.1. The van der Waals surface area contributed by atoms with Gasteiger partial charge in [-0.05, 0) is 25.3 Å². The summed E-state index contributed by atoms with van der Waals surface area (Å²) in [5.41, 5.74) is 3.27. The van der Waals surface area contributed by atoms with Crippen molar-refractivity contribution in [1.82, 2.24) is 15.6 Å². The molecule has 2 N–H and O–H groups in total. The third-order valence-electron chi connectivity index (χ3n) is 3.89. The van der Waals surface area contributed by atoms with Gasteiger partial charge in [0, 0.05) is 23.9 Å². The van der Waals surface area contributed by atoms with E-state index < -0.39 is 0 Å². The highest BCUT2D eigenvalue weighted by atomic mass is 32.1. The molecule has 0 radical (unpaired) electrons. The van der Waals surface area contributed by atoms with E-state index in [4.69, 9.17) is 0 Å². The minimum absolute atomic E-state index is 0.0435. The smallest absolute Gasteiger partial charge is 0.242 e. The molecule has 6 heteroatoms. The second-order valence-corrected chi connectivity index (χ2v) is 6.71. The maximum Gasteiger partial charge on any atom is 0.242 e. The molecule has 0 spiro atoms. The number of aromatic nitrogens is 1. The first-order valence-electron chi connectivity index (χ1n) is 7.70. The molecule has 120 valence electrons. The van der Waals surface area contributed by atoms with E-state index in [0.29, 0.717) is 19.4 Å². The Morgan fingerprint density at radius 1 is 1.39 bits per heavy atom. The largest absolute Gasteiger partial charge is 0.354 e. The molecule has 0 bridgehead atoms. The molecule has 3 rings (SSSR count). The van der Waals surface area contributed by atoms with Crippen molar-refractivity contribution in [2.75, 3.05) is 6.54 Å². The van der Waals surface area contributed by atoms with Gasteiger partial charge in [0.15, 0.2) is 0 Å². The molecule has 1 aliphatic rings. The number of carbonyl (C=O) groups excluding carboxylic acids is 2. The summed E-state index contributed by atoms with van der Waals surface area (Å²) in [4.78, 5) is 27.5. The van der Waals surface area contributed by atoms with Gasteiger partial charge in [0.2, 0.25) is 11.8 Å². The number of amides is 2. The Morgan fingerprint density at radius 3 is 2.78 bits per heavy atom. The molecule has 5 nitrogen and oxygen atoms in total. The van der Waals surface area contributed by atoms with Crippen LogP contribution in [0.3, 0.4) is 0 Å². The predicted molar refractivity (Wildman–Crippen MR) is 90.2 cm³/mol. The van der Waals surface area contributed by atoms with Crippen molar-refractivity contribution in [2.24, 2.45) is 0 Å². The number of rotatable bonds is 5. The number of nitrogens with zero attached hydrogens (tertiary/aromatic N) is 1. The summed E-state index contributed by atoms with van der Waals surface area (Å²) in [5, 5.41) is 8.67. The van der Waals surface area contributed by atoms with Crippen LogP contribution in [0.15, 0.2) is 29.6 Å². The van der Waals surface area contributed by atoms with E-state index in [1.54, 1.807) is 11.3 Å². The average molecular weight is 329 g/mol. The van der Waals surface area contributed by atoms with Crippen molar-refractivity contribution in [3.63, 3.8) is 0 Å². The zero-order valence-corrected chi connectivity index (χ0v) is 13.8. The molecule has 1 aromatic carbocycles. The Morgan fingerprint density at radius 2 is 2.17 bits per heavy atom. The van der Waals surface area contributed by atoms with E-state index >= 15 is 0 Å². The van der Waals surface area contributed by atoms with Gasteiger partial charge in [0.25, 0.3) is 0 Å². The third kappa shape index (κ3) is 3.96. The number of carbonyl (C=O) groups is 2. The zero-order valence-electron chi connectivity index (χ0n) is 13.0. The van der Waals surface area contributed by atoms with Gasteiger partial charge in [-0.1, -0.05) is 24.3 Å². The lowest BCUT2D eigenvalue weighted by Crippen LogP contribution is -2.42. The Balaban J connectivity index is 1.49. The van der Waals surface area contributed by atoms with E-state index in [0.717, 1.165) is 28.2 Å². The highest BCUT2D eigenvalue weighted by Crippen LogP contribution is 2.21. The van der Waals surface area contributed by atoms with Crippen LogP contribution >= 0.6 is 11.3 Å². The quantitative estimate of drug-likeness (QED) is 0.882. The van der Waals surface area contributed by atoms with E-state index in [9.17, 15) is 9.59 Å². The van der Waals surface area contributed by atoms with E-state index in [2.05, 4.69) is 45.3 Å². The molecule has 0 aliphatic carbocycles. The number of hydrogen-bond donors (Lipinski definition) is 2. The monoisotopic (exact) mass is 329 g/mol. The summed E-state index contributed by atoms with van der Waals surface area (Å²) < 4.78 is 0. The van der Waals surface area contributed by atoms with E-state index in [1.165, 1.54) is 0 Å². The van der Waals surface area contributed by atoms with Gasteiger partial charge in [-0.15, -0.1) is 11.3 Å². The van der Waals surface area contributed by atoms with Gasteiger partial charge in [0.1, 0.15) is 6.04 Å². The number of thiazole rings is 1. The molecule has 2 heterocycles. The lowest BCUT2D eigenvalue weighted by molar-refractivity contribution is -0.125. The second-order valence-electron chi connectivity index (χ2n) is 5.65. The molecule has 1 aliphatic heterocycles.